The highest BCUT2D eigenvalue weighted by Gasteiger charge is 2.41. The lowest BCUT2D eigenvalue weighted by Crippen LogP contribution is -2.35. The van der Waals surface area contributed by atoms with Crippen LogP contribution in [0.1, 0.15) is 101 Å². The van der Waals surface area contributed by atoms with Crippen molar-refractivity contribution in [2.24, 2.45) is 13.0 Å². The van der Waals surface area contributed by atoms with Gasteiger partial charge in [0.1, 0.15) is 18.6 Å². The minimum absolute atomic E-state index is 0.0934. The smallest absolute Gasteiger partial charge is 0.213 e. The first kappa shape index (κ1) is 46.9. The lowest BCUT2D eigenvalue weighted by molar-refractivity contribution is -0.649. The van der Waals surface area contributed by atoms with Crippen LogP contribution in [0.3, 0.4) is 0 Å². The van der Waals surface area contributed by atoms with E-state index in [1.807, 2.05) is 6.07 Å². The summed E-state index contributed by atoms with van der Waals surface area (Å²) in [7, 11) is 2.13. The number of rotatable bonds is 12. The van der Waals surface area contributed by atoms with Crippen molar-refractivity contribution >= 4 is 5.57 Å². The molecule has 9 rings (SSSR count). The Hall–Kier alpha value is -7.23. The second-order valence-electron chi connectivity index (χ2n) is 21.1. The molecule has 0 saturated heterocycles. The summed E-state index contributed by atoms with van der Waals surface area (Å²) in [6, 6.07) is 70.4. The second-order valence-corrected chi connectivity index (χ2v) is 21.1. The number of aliphatic hydroxyl groups is 1. The largest absolute Gasteiger partial charge is 0.507 e. The summed E-state index contributed by atoms with van der Waals surface area (Å²) in [5.41, 5.74) is 13.9. The summed E-state index contributed by atoms with van der Waals surface area (Å²) in [6.45, 7) is 18.1. The Labute approximate surface area is 410 Å². The average Bonchev–Trinajstić information content (AvgIpc) is 3.37. The molecule has 7 aromatic carbocycles. The molecule has 3 heteroatoms. The fourth-order valence-corrected chi connectivity index (χ4v) is 10.9. The van der Waals surface area contributed by atoms with Gasteiger partial charge in [-0.15, -0.1) is 0 Å². The van der Waals surface area contributed by atoms with Crippen LogP contribution < -0.4 is 4.57 Å². The molecule has 0 bridgehead atoms. The summed E-state index contributed by atoms with van der Waals surface area (Å²) in [5, 5.41) is 25.5. The molecule has 1 aliphatic rings. The van der Waals surface area contributed by atoms with Crippen molar-refractivity contribution < 1.29 is 14.8 Å². The zero-order valence-corrected chi connectivity index (χ0v) is 41.8. The number of pyridine rings is 1. The van der Waals surface area contributed by atoms with Gasteiger partial charge in [0, 0.05) is 45.1 Å². The SMILES string of the molecule is C[n+]1c(-c2ccccc2C2=CC(C(C)(C)c3ccccc3)CC(C(C)(C)c3ccccc3)=C2O)cccc1-c1ccccc1-c1cc(C(C)(C)c2ccccc2)cc(C(C)(C)c2ccccc2)c1O. The van der Waals surface area contributed by atoms with E-state index in [1.54, 1.807) is 0 Å². The summed E-state index contributed by atoms with van der Waals surface area (Å²) in [4.78, 5) is 0. The predicted octanol–water partition coefficient (Wildman–Crippen LogP) is 16.0. The number of aromatic hydroxyl groups is 1. The van der Waals surface area contributed by atoms with Crippen LogP contribution in [-0.2, 0) is 28.7 Å². The van der Waals surface area contributed by atoms with E-state index in [0.29, 0.717) is 5.76 Å². The zero-order chi connectivity index (χ0) is 48.7. The van der Waals surface area contributed by atoms with Crippen LogP contribution >= 0.6 is 0 Å². The molecule has 2 N–H and O–H groups in total. The fourth-order valence-electron chi connectivity index (χ4n) is 10.9. The van der Waals surface area contributed by atoms with Gasteiger partial charge in [-0.3, -0.25) is 0 Å². The number of phenolic OH excluding ortho intramolecular Hbond substituents is 1. The Morgan fingerprint density at radius 2 is 0.826 bits per heavy atom. The lowest BCUT2D eigenvalue weighted by Gasteiger charge is -2.41. The first-order valence-corrected chi connectivity index (χ1v) is 24.5. The van der Waals surface area contributed by atoms with Gasteiger partial charge < -0.3 is 10.2 Å². The maximum Gasteiger partial charge on any atom is 0.213 e. The number of aliphatic hydroxyl groups excluding tert-OH is 1. The van der Waals surface area contributed by atoms with Crippen molar-refractivity contribution in [2.75, 3.05) is 0 Å². The minimum atomic E-state index is -0.509. The van der Waals surface area contributed by atoms with Gasteiger partial charge in [0.05, 0.1) is 11.1 Å². The predicted molar refractivity (Wildman–Crippen MR) is 287 cm³/mol. The highest BCUT2D eigenvalue weighted by Crippen LogP contribution is 2.51. The second kappa shape index (κ2) is 18.4. The Balaban J connectivity index is 1.22. The number of aromatic nitrogens is 1. The van der Waals surface area contributed by atoms with Gasteiger partial charge in [-0.2, -0.15) is 4.57 Å². The van der Waals surface area contributed by atoms with E-state index in [9.17, 15) is 10.2 Å². The first-order valence-electron chi connectivity index (χ1n) is 24.5. The van der Waals surface area contributed by atoms with Crippen LogP contribution in [0.25, 0.3) is 39.2 Å². The zero-order valence-electron chi connectivity index (χ0n) is 41.8. The van der Waals surface area contributed by atoms with Gasteiger partial charge in [-0.1, -0.05) is 225 Å². The van der Waals surface area contributed by atoms with E-state index in [-0.39, 0.29) is 22.5 Å². The van der Waals surface area contributed by atoms with Crippen molar-refractivity contribution in [1.82, 2.24) is 0 Å². The normalized spacial score (nSPS) is 14.7. The molecular weight excluding hydrogens is 839 g/mol. The number of benzene rings is 7. The fraction of sp³-hybridized carbons (Fsp3) is 0.227. The first-order chi connectivity index (χ1) is 33.0. The Morgan fingerprint density at radius 1 is 0.406 bits per heavy atom. The van der Waals surface area contributed by atoms with Crippen LogP contribution in [0.15, 0.2) is 218 Å². The van der Waals surface area contributed by atoms with Gasteiger partial charge in [-0.25, -0.2) is 0 Å². The van der Waals surface area contributed by atoms with Gasteiger partial charge in [-0.05, 0) is 86.5 Å². The Kier molecular flexibility index (Phi) is 12.5. The molecule has 69 heavy (non-hydrogen) atoms. The molecule has 346 valence electrons. The topological polar surface area (TPSA) is 44.3 Å². The molecule has 0 fully saturated rings. The molecule has 8 aromatic rings. The van der Waals surface area contributed by atoms with Crippen LogP contribution in [0.5, 0.6) is 5.75 Å². The number of hydrogen-bond acceptors (Lipinski definition) is 2. The van der Waals surface area contributed by atoms with Gasteiger partial charge in [0.15, 0.2) is 0 Å². The molecule has 1 atom stereocenters. The lowest BCUT2D eigenvalue weighted by atomic mass is 9.63. The average molecular weight is 905 g/mol. The van der Waals surface area contributed by atoms with Gasteiger partial charge >= 0.3 is 0 Å². The molecule has 0 spiro atoms. The van der Waals surface area contributed by atoms with Gasteiger partial charge in [0.2, 0.25) is 11.4 Å². The van der Waals surface area contributed by atoms with Crippen LogP contribution in [-0.4, -0.2) is 10.2 Å². The molecule has 0 aliphatic heterocycles. The molecule has 1 aromatic heterocycles. The van der Waals surface area contributed by atoms with Crippen LogP contribution in [0.2, 0.25) is 0 Å². The van der Waals surface area contributed by atoms with Crippen LogP contribution in [0, 0.1) is 5.92 Å². The molecular formula is C66H66NO2+. The highest BCUT2D eigenvalue weighted by molar-refractivity contribution is 5.89. The maximum atomic E-state index is 12.8. The third-order valence-electron chi connectivity index (χ3n) is 15.7. The van der Waals surface area contributed by atoms with E-state index < -0.39 is 10.8 Å². The Morgan fingerprint density at radius 3 is 1.35 bits per heavy atom. The standard InChI is InChI=1S/C66H65NO2/c1-63(2,45-27-14-10-15-28-45)49-41-55(61(68)57(43-49)65(5,6)47-31-18-12-19-32-47)51-35-22-24-37-53(51)59-39-26-40-60(67(59)9)54-38-25-23-36-52(54)56-42-50(64(3,4)46-29-16-11-17-30-46)44-58(62(56)69)66(7,8)48-33-20-13-21-34-48/h10-43,50,69H,44H2,1-9H3/p+1. The van der Waals surface area contributed by atoms with Crippen molar-refractivity contribution in [2.45, 2.75) is 83.5 Å². The van der Waals surface area contributed by atoms with Crippen molar-refractivity contribution in [1.29, 1.82) is 0 Å². The molecule has 1 aliphatic carbocycles. The molecule has 0 saturated carbocycles. The van der Waals surface area contributed by atoms with E-state index in [4.69, 9.17) is 0 Å². The minimum Gasteiger partial charge on any atom is -0.507 e. The van der Waals surface area contributed by atoms with Crippen LogP contribution in [0.4, 0.5) is 0 Å². The number of hydrogen-bond donors (Lipinski definition) is 2. The monoisotopic (exact) mass is 905 g/mol. The summed E-state index contributed by atoms with van der Waals surface area (Å²) < 4.78 is 2.27. The van der Waals surface area contributed by atoms with Gasteiger partial charge in [0.25, 0.3) is 0 Å². The van der Waals surface area contributed by atoms with E-state index in [2.05, 4.69) is 267 Å². The van der Waals surface area contributed by atoms with E-state index in [1.165, 1.54) is 16.7 Å². The summed E-state index contributed by atoms with van der Waals surface area (Å²) in [5.74, 6) is 0.723. The van der Waals surface area contributed by atoms with E-state index >= 15 is 0 Å². The molecule has 3 nitrogen and oxygen atoms in total. The van der Waals surface area contributed by atoms with Crippen molar-refractivity contribution in [3.63, 3.8) is 0 Å². The van der Waals surface area contributed by atoms with E-state index in [0.717, 1.165) is 73.5 Å². The molecule has 0 radical (unpaired) electrons. The third kappa shape index (κ3) is 8.54. The number of allylic oxidation sites excluding steroid dienone is 3. The molecule has 1 heterocycles. The number of phenols is 1. The maximum absolute atomic E-state index is 12.8. The van der Waals surface area contributed by atoms with Crippen molar-refractivity contribution in [3.05, 3.63) is 257 Å². The van der Waals surface area contributed by atoms with Crippen molar-refractivity contribution in [3.8, 4) is 39.4 Å². The molecule has 1 unspecified atom stereocenters. The summed E-state index contributed by atoms with van der Waals surface area (Å²) in [6.07, 6.45) is 3.06. The quantitative estimate of drug-likeness (QED) is 0.120. The Bertz CT molecular complexity index is 3190. The summed E-state index contributed by atoms with van der Waals surface area (Å²) >= 11 is 0. The third-order valence-corrected chi connectivity index (χ3v) is 15.7. The number of nitrogens with zero attached hydrogens (tertiary/aromatic N) is 1. The molecule has 0 amide bonds. The highest BCUT2D eigenvalue weighted by atomic mass is 16.3.